The fourth-order valence-corrected chi connectivity index (χ4v) is 9.39. The first kappa shape index (κ1) is 32.7. The van der Waals surface area contributed by atoms with E-state index in [4.69, 9.17) is 4.74 Å². The third-order valence-corrected chi connectivity index (χ3v) is 12.3. The third kappa shape index (κ3) is 5.21. The highest BCUT2D eigenvalue weighted by Crippen LogP contribution is 2.47. The average Bonchev–Trinajstić information content (AvgIpc) is 3.75. The van der Waals surface area contributed by atoms with E-state index in [-0.39, 0.29) is 23.0 Å². The molecule has 258 valence electrons. The molecule has 2 heterocycles. The maximum absolute atomic E-state index is 7.13. The lowest BCUT2D eigenvalue weighted by Gasteiger charge is -2.41. The molecule has 0 bridgehead atoms. The molecular weight excluding hydrogens is 617 g/mol. The van der Waals surface area contributed by atoms with Crippen LogP contribution in [0.2, 0.25) is 0 Å². The van der Waals surface area contributed by atoms with E-state index in [1.165, 1.54) is 99.8 Å². The number of rotatable bonds is 2. The molecule has 2 aliphatic heterocycles. The van der Waals surface area contributed by atoms with Crippen molar-refractivity contribution in [2.24, 2.45) is 0 Å². The first-order valence-electron chi connectivity index (χ1n) is 19.4. The predicted octanol–water partition coefficient (Wildman–Crippen LogP) is 10.6. The molecule has 2 nitrogen and oxygen atoms in total. The van der Waals surface area contributed by atoms with Crippen LogP contribution in [0.4, 0.5) is 17.1 Å². The van der Waals surface area contributed by atoms with Crippen molar-refractivity contribution in [2.75, 3.05) is 4.90 Å². The molecule has 4 aliphatic rings. The van der Waals surface area contributed by atoms with E-state index in [1.807, 2.05) is 0 Å². The van der Waals surface area contributed by atoms with E-state index in [0.717, 1.165) is 11.5 Å². The number of fused-ring (bicyclic) bond motifs is 6. The molecule has 5 aromatic rings. The quantitative estimate of drug-likeness (QED) is 0.170. The number of anilines is 3. The minimum absolute atomic E-state index is 0.0243. The zero-order chi connectivity index (χ0) is 35.6. The molecule has 0 amide bonds. The smallest absolute Gasteiger partial charge is 0.256 e. The molecule has 0 spiro atoms. The van der Waals surface area contributed by atoms with Gasteiger partial charge in [0.15, 0.2) is 0 Å². The fourth-order valence-electron chi connectivity index (χ4n) is 9.39. The Labute approximate surface area is 306 Å². The van der Waals surface area contributed by atoms with Crippen LogP contribution in [0.25, 0.3) is 11.1 Å². The van der Waals surface area contributed by atoms with E-state index in [2.05, 4.69) is 146 Å². The Hall–Kier alpha value is -4.24. The molecule has 51 heavy (non-hydrogen) atoms. The van der Waals surface area contributed by atoms with E-state index in [9.17, 15) is 0 Å². The fraction of sp³-hybridized carbons (Fsp3) is 0.375. The van der Waals surface area contributed by atoms with Gasteiger partial charge in [-0.05, 0) is 158 Å². The van der Waals surface area contributed by atoms with Gasteiger partial charge in [0.25, 0.3) is 6.71 Å². The van der Waals surface area contributed by atoms with Crippen LogP contribution in [0.1, 0.15) is 114 Å². The molecule has 0 atom stereocenters. The van der Waals surface area contributed by atoms with E-state index in [1.54, 1.807) is 22.3 Å². The van der Waals surface area contributed by atoms with Crippen molar-refractivity contribution >= 4 is 40.2 Å². The maximum atomic E-state index is 7.13. The summed E-state index contributed by atoms with van der Waals surface area (Å²) in [7, 11) is 0. The summed E-state index contributed by atoms with van der Waals surface area (Å²) < 4.78 is 7.13. The van der Waals surface area contributed by atoms with Crippen LogP contribution in [0.3, 0.4) is 0 Å². The van der Waals surface area contributed by atoms with E-state index in [0.29, 0.717) is 0 Å². The topological polar surface area (TPSA) is 12.5 Å². The minimum atomic E-state index is 0.0243. The summed E-state index contributed by atoms with van der Waals surface area (Å²) >= 11 is 0. The highest BCUT2D eigenvalue weighted by Gasteiger charge is 2.43. The van der Waals surface area contributed by atoms with E-state index >= 15 is 0 Å². The van der Waals surface area contributed by atoms with Gasteiger partial charge in [0, 0.05) is 17.1 Å². The monoisotopic (exact) mass is 669 g/mol. The zero-order valence-corrected chi connectivity index (χ0v) is 32.2. The summed E-state index contributed by atoms with van der Waals surface area (Å²) in [5.74, 6) is 2.00. The number of hydrogen-bond acceptors (Lipinski definition) is 2. The van der Waals surface area contributed by atoms with Crippen LogP contribution in [-0.4, -0.2) is 6.71 Å². The largest absolute Gasteiger partial charge is 0.458 e. The molecule has 0 fully saturated rings. The first-order chi connectivity index (χ1) is 24.2. The summed E-state index contributed by atoms with van der Waals surface area (Å²) in [5.41, 5.74) is 21.0. The molecule has 5 aromatic carbocycles. The van der Waals surface area contributed by atoms with Crippen molar-refractivity contribution in [3.8, 4) is 22.6 Å². The molecule has 0 aromatic heterocycles. The standard InChI is InChI=1S/C48H52BNO/c1-46(2,3)32-16-20-35(21-17-32)50-40-22-18-33(47(4,5)6)27-38(40)49-39-28-34(48(7,8)9)19-23-42(39)51-43-26-31(25-41(50)45(43)49)44-36-14-10-12-29(36)24-30-13-11-15-37(30)44/h16-28H,10-15H2,1-9H3. The van der Waals surface area contributed by atoms with Gasteiger partial charge in [-0.15, -0.1) is 0 Å². The highest BCUT2D eigenvalue weighted by atomic mass is 16.5. The molecule has 0 N–H and O–H groups in total. The van der Waals surface area contributed by atoms with Gasteiger partial charge < -0.3 is 9.64 Å². The van der Waals surface area contributed by atoms with Gasteiger partial charge in [0.1, 0.15) is 11.5 Å². The Balaban J connectivity index is 1.36. The van der Waals surface area contributed by atoms with Crippen LogP contribution >= 0.6 is 0 Å². The Kier molecular flexibility index (Phi) is 7.13. The third-order valence-electron chi connectivity index (χ3n) is 12.3. The normalized spacial score (nSPS) is 15.9. The highest BCUT2D eigenvalue weighted by molar-refractivity contribution is 6.99. The summed E-state index contributed by atoms with van der Waals surface area (Å²) in [6.07, 6.45) is 7.24. The van der Waals surface area contributed by atoms with Gasteiger partial charge in [-0.2, -0.15) is 0 Å². The molecule has 2 aliphatic carbocycles. The Morgan fingerprint density at radius 2 is 1.10 bits per heavy atom. The number of benzene rings is 5. The van der Waals surface area contributed by atoms with Gasteiger partial charge in [-0.1, -0.05) is 105 Å². The second-order valence-electron chi connectivity index (χ2n) is 18.8. The molecule has 0 saturated heterocycles. The van der Waals surface area contributed by atoms with Gasteiger partial charge >= 0.3 is 0 Å². The molecular formula is C48H52BNO. The lowest BCUT2D eigenvalue weighted by atomic mass is 9.33. The Morgan fingerprint density at radius 3 is 1.71 bits per heavy atom. The van der Waals surface area contributed by atoms with Crippen molar-refractivity contribution in [1.82, 2.24) is 0 Å². The van der Waals surface area contributed by atoms with Crippen LogP contribution in [0.15, 0.2) is 78.9 Å². The van der Waals surface area contributed by atoms with E-state index < -0.39 is 0 Å². The number of ether oxygens (including phenoxy) is 1. The molecule has 0 saturated carbocycles. The van der Waals surface area contributed by atoms with Crippen LogP contribution in [-0.2, 0) is 41.9 Å². The Bertz CT molecular complexity index is 2210. The number of hydrogen-bond donors (Lipinski definition) is 0. The van der Waals surface area contributed by atoms with Gasteiger partial charge in [-0.3, -0.25) is 0 Å². The second-order valence-corrected chi connectivity index (χ2v) is 18.8. The van der Waals surface area contributed by atoms with Crippen molar-refractivity contribution in [3.63, 3.8) is 0 Å². The van der Waals surface area contributed by atoms with Gasteiger partial charge in [-0.25, -0.2) is 0 Å². The minimum Gasteiger partial charge on any atom is -0.458 e. The van der Waals surface area contributed by atoms with Gasteiger partial charge in [0.05, 0.1) is 0 Å². The average molecular weight is 670 g/mol. The number of aryl methyl sites for hydroxylation is 2. The van der Waals surface area contributed by atoms with Crippen molar-refractivity contribution in [1.29, 1.82) is 0 Å². The summed E-state index contributed by atoms with van der Waals surface area (Å²) in [5, 5.41) is 0. The van der Waals surface area contributed by atoms with Crippen molar-refractivity contribution in [3.05, 3.63) is 118 Å². The summed E-state index contributed by atoms with van der Waals surface area (Å²) in [4.78, 5) is 2.55. The maximum Gasteiger partial charge on any atom is 0.256 e. The zero-order valence-electron chi connectivity index (χ0n) is 32.2. The summed E-state index contributed by atoms with van der Waals surface area (Å²) in [6.45, 7) is 20.9. The lowest BCUT2D eigenvalue weighted by molar-refractivity contribution is 0.486. The van der Waals surface area contributed by atoms with Crippen molar-refractivity contribution < 1.29 is 4.74 Å². The second kappa shape index (κ2) is 11.1. The SMILES string of the molecule is CC(C)(C)c1ccc(N2c3ccc(C(C)(C)C)cc3B3c4cc(C(C)(C)C)ccc4Oc4cc(-c5c6c(cc7c5CCC7)CCC6)cc2c43)cc1. The molecule has 0 radical (unpaired) electrons. The predicted molar refractivity (Wildman–Crippen MR) is 218 cm³/mol. The molecule has 9 rings (SSSR count). The number of nitrogens with zero attached hydrogens (tertiary/aromatic N) is 1. The Morgan fingerprint density at radius 1 is 0.529 bits per heavy atom. The lowest BCUT2D eigenvalue weighted by Crippen LogP contribution is -2.60. The van der Waals surface area contributed by atoms with Gasteiger partial charge in [0.2, 0.25) is 0 Å². The molecule has 3 heteroatoms. The van der Waals surface area contributed by atoms with Crippen molar-refractivity contribution in [2.45, 2.75) is 117 Å². The molecule has 0 unspecified atom stereocenters. The van der Waals surface area contributed by atoms with Crippen LogP contribution < -0.4 is 26.0 Å². The van der Waals surface area contributed by atoms with Crippen LogP contribution in [0, 0.1) is 0 Å². The summed E-state index contributed by atoms with van der Waals surface area (Å²) in [6, 6.07) is 31.1. The first-order valence-corrected chi connectivity index (χ1v) is 19.4. The van der Waals surface area contributed by atoms with Crippen LogP contribution in [0.5, 0.6) is 11.5 Å².